The average molecular weight is 293 g/mol. The summed E-state index contributed by atoms with van der Waals surface area (Å²) in [6, 6.07) is 4.47. The molecule has 0 aromatic heterocycles. The largest absolute Gasteiger partial charge is 0.494 e. The number of benzene rings is 1. The van der Waals surface area contributed by atoms with E-state index in [1.54, 1.807) is 24.0 Å². The van der Waals surface area contributed by atoms with Crippen molar-refractivity contribution in [3.8, 4) is 5.75 Å². The standard InChI is InChI=1S/C16H20FNO3/c1-11(16(20)18-7-3-4-13(18)10-19)8-12-5-6-15(21-2)14(17)9-12/h5-6,8-9,13,19H,3-4,7,10H2,1-2H3/b11-8+. The maximum atomic E-state index is 13.6. The van der Waals surface area contributed by atoms with Crippen LogP contribution in [-0.2, 0) is 4.79 Å². The Bertz CT molecular complexity index is 556. The zero-order valence-corrected chi connectivity index (χ0v) is 12.3. The quantitative estimate of drug-likeness (QED) is 0.866. The molecule has 1 fully saturated rings. The molecule has 1 aliphatic heterocycles. The molecule has 21 heavy (non-hydrogen) atoms. The molecule has 114 valence electrons. The highest BCUT2D eigenvalue weighted by atomic mass is 19.1. The van der Waals surface area contributed by atoms with Crippen LogP contribution in [0.25, 0.3) is 6.08 Å². The number of aliphatic hydroxyl groups is 1. The van der Waals surface area contributed by atoms with Crippen LogP contribution in [0.1, 0.15) is 25.3 Å². The van der Waals surface area contributed by atoms with Gasteiger partial charge in [0.1, 0.15) is 0 Å². The van der Waals surface area contributed by atoms with E-state index in [1.807, 2.05) is 0 Å². The Morgan fingerprint density at radius 1 is 1.57 bits per heavy atom. The van der Waals surface area contributed by atoms with Gasteiger partial charge in [0.2, 0.25) is 5.91 Å². The Morgan fingerprint density at radius 2 is 2.33 bits per heavy atom. The molecule has 1 aromatic carbocycles. The zero-order chi connectivity index (χ0) is 15.4. The molecule has 4 nitrogen and oxygen atoms in total. The fourth-order valence-corrected chi connectivity index (χ4v) is 2.60. The second kappa shape index (κ2) is 6.72. The van der Waals surface area contributed by atoms with Gasteiger partial charge in [-0.15, -0.1) is 0 Å². The summed E-state index contributed by atoms with van der Waals surface area (Å²) in [5.41, 5.74) is 1.14. The normalized spacial score (nSPS) is 19.0. The summed E-state index contributed by atoms with van der Waals surface area (Å²) in [6.07, 6.45) is 3.38. The van der Waals surface area contributed by atoms with Crippen LogP contribution >= 0.6 is 0 Å². The third-order valence-electron chi connectivity index (χ3n) is 3.75. The number of ether oxygens (including phenoxy) is 1. The van der Waals surface area contributed by atoms with Gasteiger partial charge in [0.15, 0.2) is 11.6 Å². The number of hydrogen-bond donors (Lipinski definition) is 1. The zero-order valence-electron chi connectivity index (χ0n) is 12.3. The molecule has 0 bridgehead atoms. The van der Waals surface area contributed by atoms with Gasteiger partial charge in [-0.05, 0) is 43.5 Å². The Labute approximate surface area is 123 Å². The molecule has 1 N–H and O–H groups in total. The van der Waals surface area contributed by atoms with Crippen molar-refractivity contribution < 1.29 is 19.0 Å². The summed E-state index contributed by atoms with van der Waals surface area (Å²) in [4.78, 5) is 14.0. The third kappa shape index (κ3) is 3.42. The minimum Gasteiger partial charge on any atom is -0.494 e. The minimum absolute atomic E-state index is 0.0177. The molecule has 1 amide bonds. The fraction of sp³-hybridized carbons (Fsp3) is 0.438. The molecule has 1 unspecified atom stereocenters. The highest BCUT2D eigenvalue weighted by molar-refractivity contribution is 5.97. The van der Waals surface area contributed by atoms with Crippen molar-refractivity contribution in [2.24, 2.45) is 0 Å². The number of amides is 1. The average Bonchev–Trinajstić information content (AvgIpc) is 2.95. The van der Waals surface area contributed by atoms with Crippen molar-refractivity contribution in [1.82, 2.24) is 4.90 Å². The molecule has 0 saturated carbocycles. The van der Waals surface area contributed by atoms with Gasteiger partial charge in [0.25, 0.3) is 0 Å². The van der Waals surface area contributed by atoms with Gasteiger partial charge in [-0.1, -0.05) is 6.07 Å². The van der Waals surface area contributed by atoms with Crippen LogP contribution in [0.3, 0.4) is 0 Å². The lowest BCUT2D eigenvalue weighted by Crippen LogP contribution is -2.38. The first-order chi connectivity index (χ1) is 10.1. The van der Waals surface area contributed by atoms with Crippen LogP contribution in [0.2, 0.25) is 0 Å². The lowest BCUT2D eigenvalue weighted by molar-refractivity contribution is -0.128. The Hall–Kier alpha value is -1.88. The SMILES string of the molecule is COc1ccc(/C=C(\C)C(=O)N2CCCC2CO)cc1F. The van der Waals surface area contributed by atoms with Gasteiger partial charge in [0, 0.05) is 12.1 Å². The molecule has 0 spiro atoms. The van der Waals surface area contributed by atoms with Crippen LogP contribution in [0.5, 0.6) is 5.75 Å². The fourth-order valence-electron chi connectivity index (χ4n) is 2.60. The maximum Gasteiger partial charge on any atom is 0.249 e. The van der Waals surface area contributed by atoms with Crippen LogP contribution in [0, 0.1) is 5.82 Å². The first-order valence-corrected chi connectivity index (χ1v) is 7.00. The number of rotatable bonds is 4. The smallest absolute Gasteiger partial charge is 0.249 e. The van der Waals surface area contributed by atoms with Gasteiger partial charge >= 0.3 is 0 Å². The van der Waals surface area contributed by atoms with Gasteiger partial charge in [-0.25, -0.2) is 4.39 Å². The van der Waals surface area contributed by atoms with Crippen LogP contribution < -0.4 is 4.74 Å². The van der Waals surface area contributed by atoms with E-state index in [-0.39, 0.29) is 24.3 Å². The van der Waals surface area contributed by atoms with Crippen LogP contribution in [-0.4, -0.2) is 42.2 Å². The molecule has 1 saturated heterocycles. The summed E-state index contributed by atoms with van der Waals surface area (Å²) in [6.45, 7) is 2.35. The molecule has 5 heteroatoms. The van der Waals surface area contributed by atoms with Crippen LogP contribution in [0.4, 0.5) is 4.39 Å². The monoisotopic (exact) mass is 293 g/mol. The summed E-state index contributed by atoms with van der Waals surface area (Å²) in [5, 5.41) is 9.27. The van der Waals surface area contributed by atoms with Gasteiger partial charge < -0.3 is 14.7 Å². The van der Waals surface area contributed by atoms with E-state index in [4.69, 9.17) is 4.74 Å². The van der Waals surface area contributed by atoms with E-state index in [0.717, 1.165) is 12.8 Å². The molecular formula is C16H20FNO3. The predicted octanol–water partition coefficient (Wildman–Crippen LogP) is 2.22. The van der Waals surface area contributed by atoms with E-state index in [2.05, 4.69) is 0 Å². The first-order valence-electron chi connectivity index (χ1n) is 7.00. The highest BCUT2D eigenvalue weighted by Gasteiger charge is 2.28. The Balaban J connectivity index is 2.16. The molecule has 0 radical (unpaired) electrons. The number of carbonyl (C=O) groups is 1. The van der Waals surface area contributed by atoms with Crippen molar-refractivity contribution in [3.63, 3.8) is 0 Å². The number of likely N-dealkylation sites (tertiary alicyclic amines) is 1. The lowest BCUT2D eigenvalue weighted by Gasteiger charge is -2.23. The van der Waals surface area contributed by atoms with Gasteiger partial charge in [0.05, 0.1) is 19.8 Å². The third-order valence-corrected chi connectivity index (χ3v) is 3.75. The second-order valence-corrected chi connectivity index (χ2v) is 5.20. The van der Waals surface area contributed by atoms with Crippen molar-refractivity contribution in [2.45, 2.75) is 25.8 Å². The predicted molar refractivity (Wildman–Crippen MR) is 78.4 cm³/mol. The second-order valence-electron chi connectivity index (χ2n) is 5.20. The number of methoxy groups -OCH3 is 1. The number of aliphatic hydroxyl groups excluding tert-OH is 1. The number of nitrogens with zero attached hydrogens (tertiary/aromatic N) is 1. The minimum atomic E-state index is -0.457. The lowest BCUT2D eigenvalue weighted by atomic mass is 10.1. The molecule has 2 rings (SSSR count). The summed E-state index contributed by atoms with van der Waals surface area (Å²) < 4.78 is 18.5. The number of carbonyl (C=O) groups excluding carboxylic acids is 1. The Morgan fingerprint density at radius 3 is 2.95 bits per heavy atom. The van der Waals surface area contributed by atoms with Crippen molar-refractivity contribution in [3.05, 3.63) is 35.2 Å². The van der Waals surface area contributed by atoms with Crippen molar-refractivity contribution in [2.75, 3.05) is 20.3 Å². The van der Waals surface area contributed by atoms with Gasteiger partial charge in [-0.3, -0.25) is 4.79 Å². The van der Waals surface area contributed by atoms with Crippen LogP contribution in [0.15, 0.2) is 23.8 Å². The number of halogens is 1. The van der Waals surface area contributed by atoms with E-state index in [9.17, 15) is 14.3 Å². The summed E-state index contributed by atoms with van der Waals surface area (Å²) in [5.74, 6) is -0.389. The van der Waals surface area contributed by atoms with Crippen molar-refractivity contribution >= 4 is 12.0 Å². The molecule has 0 aliphatic carbocycles. The molecule has 1 aliphatic rings. The number of hydrogen-bond acceptors (Lipinski definition) is 3. The molecule has 1 aromatic rings. The van der Waals surface area contributed by atoms with Gasteiger partial charge in [-0.2, -0.15) is 0 Å². The molecule has 1 heterocycles. The maximum absolute atomic E-state index is 13.6. The summed E-state index contributed by atoms with van der Waals surface area (Å²) in [7, 11) is 1.41. The molecule has 1 atom stereocenters. The first kappa shape index (κ1) is 15.5. The van der Waals surface area contributed by atoms with E-state index < -0.39 is 5.82 Å². The van der Waals surface area contributed by atoms with E-state index in [1.165, 1.54) is 19.2 Å². The molecular weight excluding hydrogens is 273 g/mol. The van der Waals surface area contributed by atoms with E-state index >= 15 is 0 Å². The van der Waals surface area contributed by atoms with E-state index in [0.29, 0.717) is 17.7 Å². The highest BCUT2D eigenvalue weighted by Crippen LogP contribution is 2.22. The Kier molecular flexibility index (Phi) is 4.96. The summed E-state index contributed by atoms with van der Waals surface area (Å²) >= 11 is 0. The van der Waals surface area contributed by atoms with Crippen molar-refractivity contribution in [1.29, 1.82) is 0 Å². The topological polar surface area (TPSA) is 49.8 Å².